The maximum atomic E-state index is 12.2. The van der Waals surface area contributed by atoms with Crippen molar-refractivity contribution >= 4 is 34.9 Å². The van der Waals surface area contributed by atoms with E-state index in [2.05, 4.69) is 5.32 Å². The van der Waals surface area contributed by atoms with Crippen LogP contribution in [-0.4, -0.2) is 24.2 Å². The van der Waals surface area contributed by atoms with Crippen LogP contribution in [0.1, 0.15) is 28.5 Å². The van der Waals surface area contributed by atoms with E-state index in [0.717, 1.165) is 22.4 Å². The van der Waals surface area contributed by atoms with Crippen molar-refractivity contribution in [3.63, 3.8) is 0 Å². The molecule has 3 aromatic rings. The number of benzene rings is 3. The van der Waals surface area contributed by atoms with Crippen LogP contribution < -0.4 is 10.1 Å². The number of anilines is 1. The molecule has 1 heterocycles. The van der Waals surface area contributed by atoms with Crippen molar-refractivity contribution in [2.45, 2.75) is 17.9 Å². The fourth-order valence-electron chi connectivity index (χ4n) is 4.11. The zero-order valence-electron chi connectivity index (χ0n) is 15.6. The summed E-state index contributed by atoms with van der Waals surface area (Å²) in [5.74, 6) is -0.839. The first-order chi connectivity index (χ1) is 14.0. The average Bonchev–Trinajstić information content (AvgIpc) is 2.73. The molecule has 29 heavy (non-hydrogen) atoms. The van der Waals surface area contributed by atoms with Crippen LogP contribution in [-0.2, 0) is 4.79 Å². The van der Waals surface area contributed by atoms with Gasteiger partial charge < -0.3 is 15.2 Å². The molecule has 6 heteroatoms. The predicted octanol–water partition coefficient (Wildman–Crippen LogP) is 5.80. The first kappa shape index (κ1) is 19.6. The normalized spacial score (nSPS) is 20.4. The van der Waals surface area contributed by atoms with Gasteiger partial charge in [0.15, 0.2) is 0 Å². The van der Waals surface area contributed by atoms with E-state index in [0.29, 0.717) is 15.7 Å². The van der Waals surface area contributed by atoms with Gasteiger partial charge in [0.2, 0.25) is 0 Å². The Bertz CT molecular complexity index is 1040. The number of methoxy groups -OCH3 is 1. The number of ether oxygens (including phenoxy) is 1. The molecule has 3 unspecified atom stereocenters. The summed E-state index contributed by atoms with van der Waals surface area (Å²) in [7, 11) is 1.61. The van der Waals surface area contributed by atoms with Gasteiger partial charge in [0, 0.05) is 33.1 Å². The van der Waals surface area contributed by atoms with Gasteiger partial charge in [-0.1, -0.05) is 65.7 Å². The fourth-order valence-corrected chi connectivity index (χ4v) is 4.72. The third-order valence-corrected chi connectivity index (χ3v) is 5.89. The summed E-state index contributed by atoms with van der Waals surface area (Å²) in [6.45, 7) is 0. The first-order valence-electron chi connectivity index (χ1n) is 9.16. The third kappa shape index (κ3) is 3.66. The number of nitrogens with one attached hydrogen (secondary N) is 1. The maximum absolute atomic E-state index is 12.2. The minimum absolute atomic E-state index is 0.273. The van der Waals surface area contributed by atoms with Gasteiger partial charge in [0.1, 0.15) is 11.8 Å². The molecule has 1 aliphatic rings. The topological polar surface area (TPSA) is 58.6 Å². The van der Waals surface area contributed by atoms with Crippen molar-refractivity contribution in [3.8, 4) is 5.75 Å². The quantitative estimate of drug-likeness (QED) is 0.552. The van der Waals surface area contributed by atoms with Crippen molar-refractivity contribution < 1.29 is 14.6 Å². The highest BCUT2D eigenvalue weighted by molar-refractivity contribution is 6.35. The van der Waals surface area contributed by atoms with Crippen molar-refractivity contribution in [1.82, 2.24) is 0 Å². The van der Waals surface area contributed by atoms with Crippen LogP contribution in [0.3, 0.4) is 0 Å². The summed E-state index contributed by atoms with van der Waals surface area (Å²) in [6.07, 6.45) is 0. The number of halogens is 2. The van der Waals surface area contributed by atoms with E-state index in [1.165, 1.54) is 0 Å². The monoisotopic (exact) mass is 427 g/mol. The van der Waals surface area contributed by atoms with Crippen LogP contribution in [0.4, 0.5) is 5.69 Å². The van der Waals surface area contributed by atoms with Crippen LogP contribution in [0.15, 0.2) is 66.7 Å². The zero-order chi connectivity index (χ0) is 20.5. The molecular formula is C23H19Cl2NO3. The van der Waals surface area contributed by atoms with Crippen LogP contribution in [0.5, 0.6) is 5.75 Å². The Hall–Kier alpha value is -2.69. The van der Waals surface area contributed by atoms with E-state index in [1.54, 1.807) is 19.2 Å². The molecule has 2 N–H and O–H groups in total. The Kier molecular flexibility index (Phi) is 5.39. The summed E-state index contributed by atoms with van der Waals surface area (Å²) in [5.41, 5.74) is 3.36. The second kappa shape index (κ2) is 7.97. The molecule has 1 aliphatic heterocycles. The molecule has 3 aromatic carbocycles. The largest absolute Gasteiger partial charge is 0.497 e. The van der Waals surface area contributed by atoms with E-state index in [-0.39, 0.29) is 11.8 Å². The number of fused-ring (bicyclic) bond motifs is 1. The highest BCUT2D eigenvalue weighted by Crippen LogP contribution is 2.51. The molecular weight excluding hydrogens is 409 g/mol. The van der Waals surface area contributed by atoms with E-state index in [1.807, 2.05) is 54.6 Å². The van der Waals surface area contributed by atoms with Crippen LogP contribution in [0.2, 0.25) is 10.0 Å². The second-order valence-electron chi connectivity index (χ2n) is 7.00. The number of hydrogen-bond acceptors (Lipinski definition) is 3. The number of carboxylic acids is 1. The number of aliphatic carboxylic acids is 1. The molecule has 4 rings (SSSR count). The fraction of sp³-hybridized carbons (Fsp3) is 0.174. The van der Waals surface area contributed by atoms with Crippen molar-refractivity contribution in [2.24, 2.45) is 0 Å². The lowest BCUT2D eigenvalue weighted by molar-refractivity contribution is -0.138. The number of rotatable bonds is 4. The number of carbonyl (C=O) groups is 1. The van der Waals surface area contributed by atoms with Crippen molar-refractivity contribution in [3.05, 3.63) is 93.5 Å². The summed E-state index contributed by atoms with van der Waals surface area (Å²) < 4.78 is 5.29. The van der Waals surface area contributed by atoms with Crippen molar-refractivity contribution in [2.75, 3.05) is 12.4 Å². The Balaban J connectivity index is 1.97. The van der Waals surface area contributed by atoms with Gasteiger partial charge in [0.25, 0.3) is 0 Å². The number of carboxylic acid groups (broad SMARTS) is 1. The Morgan fingerprint density at radius 2 is 1.69 bits per heavy atom. The first-order valence-corrected chi connectivity index (χ1v) is 9.92. The SMILES string of the molecule is COc1ccc(C2c3c(Cl)cc(Cl)cc3NC(C(=O)O)C2c2ccccc2)cc1. The van der Waals surface area contributed by atoms with Crippen LogP contribution in [0.25, 0.3) is 0 Å². The average molecular weight is 428 g/mol. The Morgan fingerprint density at radius 3 is 2.31 bits per heavy atom. The third-order valence-electron chi connectivity index (χ3n) is 5.36. The minimum atomic E-state index is -0.931. The summed E-state index contributed by atoms with van der Waals surface area (Å²) in [4.78, 5) is 12.2. The lowest BCUT2D eigenvalue weighted by atomic mass is 9.70. The molecule has 0 aromatic heterocycles. The predicted molar refractivity (Wildman–Crippen MR) is 116 cm³/mol. The van der Waals surface area contributed by atoms with Gasteiger partial charge in [-0.3, -0.25) is 0 Å². The van der Waals surface area contributed by atoms with Crippen molar-refractivity contribution in [1.29, 1.82) is 0 Å². The van der Waals surface area contributed by atoms with E-state index >= 15 is 0 Å². The Labute approximate surface area is 179 Å². The van der Waals surface area contributed by atoms with E-state index in [4.69, 9.17) is 27.9 Å². The van der Waals surface area contributed by atoms with Gasteiger partial charge in [-0.05, 0) is 35.4 Å². The number of hydrogen-bond donors (Lipinski definition) is 2. The molecule has 0 amide bonds. The second-order valence-corrected chi connectivity index (χ2v) is 7.84. The molecule has 0 spiro atoms. The lowest BCUT2D eigenvalue weighted by Crippen LogP contribution is -2.42. The van der Waals surface area contributed by atoms with Gasteiger partial charge in [0.05, 0.1) is 7.11 Å². The summed E-state index contributed by atoms with van der Waals surface area (Å²) in [5, 5.41) is 14.1. The molecule has 3 atom stereocenters. The zero-order valence-corrected chi connectivity index (χ0v) is 17.1. The summed E-state index contributed by atoms with van der Waals surface area (Å²) >= 11 is 12.8. The smallest absolute Gasteiger partial charge is 0.326 e. The molecule has 0 saturated carbocycles. The van der Waals surface area contributed by atoms with Crippen LogP contribution in [0, 0.1) is 0 Å². The van der Waals surface area contributed by atoms with E-state index < -0.39 is 12.0 Å². The molecule has 0 aliphatic carbocycles. The lowest BCUT2D eigenvalue weighted by Gasteiger charge is -2.40. The highest BCUT2D eigenvalue weighted by Gasteiger charge is 2.43. The molecule has 0 radical (unpaired) electrons. The van der Waals surface area contributed by atoms with E-state index in [9.17, 15) is 9.90 Å². The van der Waals surface area contributed by atoms with Crippen LogP contribution >= 0.6 is 23.2 Å². The standard InChI is InChI=1S/C23H19Cl2NO3/c1-29-16-9-7-14(8-10-16)19-20(13-5-3-2-4-6-13)22(23(27)28)26-18-12-15(24)11-17(25)21(18)19/h2-12,19-20,22,26H,1H3,(H,27,28). The van der Waals surface area contributed by atoms with Gasteiger partial charge in [-0.15, -0.1) is 0 Å². The maximum Gasteiger partial charge on any atom is 0.326 e. The Morgan fingerprint density at radius 1 is 1.00 bits per heavy atom. The molecule has 0 saturated heterocycles. The molecule has 148 valence electrons. The van der Waals surface area contributed by atoms with Gasteiger partial charge in [-0.25, -0.2) is 4.79 Å². The van der Waals surface area contributed by atoms with Gasteiger partial charge >= 0.3 is 5.97 Å². The molecule has 0 fully saturated rings. The molecule has 0 bridgehead atoms. The highest BCUT2D eigenvalue weighted by atomic mass is 35.5. The molecule has 4 nitrogen and oxygen atoms in total. The minimum Gasteiger partial charge on any atom is -0.497 e. The van der Waals surface area contributed by atoms with Gasteiger partial charge in [-0.2, -0.15) is 0 Å². The summed E-state index contributed by atoms with van der Waals surface area (Å²) in [6, 6.07) is 19.9.